The van der Waals surface area contributed by atoms with Gasteiger partial charge in [-0.25, -0.2) is 18.1 Å². The molecule has 0 aliphatic rings. The van der Waals surface area contributed by atoms with Gasteiger partial charge in [0.2, 0.25) is 10.0 Å². The molecule has 92 valence electrons. The Balaban J connectivity index is 2.07. The van der Waals surface area contributed by atoms with Gasteiger partial charge in [0.05, 0.1) is 5.75 Å². The number of anilines is 1. The molecule has 2 aromatic heterocycles. The second-order valence-electron chi connectivity index (χ2n) is 3.44. The van der Waals surface area contributed by atoms with E-state index in [9.17, 15) is 8.42 Å². The van der Waals surface area contributed by atoms with Crippen molar-refractivity contribution < 1.29 is 8.42 Å². The Bertz CT molecular complexity index is 607. The minimum atomic E-state index is -3.17. The van der Waals surface area contributed by atoms with Crippen molar-refractivity contribution in [2.75, 3.05) is 24.7 Å². The maximum atomic E-state index is 11.2. The van der Waals surface area contributed by atoms with E-state index in [0.717, 1.165) is 15.9 Å². The maximum Gasteiger partial charge on any atom is 0.213 e. The van der Waals surface area contributed by atoms with Crippen LogP contribution >= 0.6 is 11.3 Å². The highest BCUT2D eigenvalue weighted by atomic mass is 32.2. The van der Waals surface area contributed by atoms with Crippen molar-refractivity contribution in [2.45, 2.75) is 0 Å². The first-order valence-corrected chi connectivity index (χ1v) is 7.63. The number of hydrogen-bond acceptors (Lipinski definition) is 5. The van der Waals surface area contributed by atoms with Crippen LogP contribution in [0.4, 0.5) is 5.82 Å². The predicted molar refractivity (Wildman–Crippen MR) is 71.0 cm³/mol. The lowest BCUT2D eigenvalue weighted by Crippen LogP contribution is -2.26. The first kappa shape index (κ1) is 12.3. The maximum absolute atomic E-state index is 11.2. The van der Waals surface area contributed by atoms with Gasteiger partial charge in [-0.2, -0.15) is 0 Å². The van der Waals surface area contributed by atoms with E-state index in [-0.39, 0.29) is 5.75 Å². The molecular formula is C10H13N3O2S2. The molecular weight excluding hydrogens is 258 g/mol. The third kappa shape index (κ3) is 2.93. The Morgan fingerprint density at radius 2 is 2.24 bits per heavy atom. The van der Waals surface area contributed by atoms with Crippen LogP contribution in [0.25, 0.3) is 10.1 Å². The Kier molecular flexibility index (Phi) is 3.60. The van der Waals surface area contributed by atoms with Crippen LogP contribution in [0.15, 0.2) is 23.7 Å². The summed E-state index contributed by atoms with van der Waals surface area (Å²) in [6.07, 6.45) is 1.72. The summed E-state index contributed by atoms with van der Waals surface area (Å²) in [6.45, 7) is 0.338. The zero-order valence-corrected chi connectivity index (χ0v) is 10.9. The lowest BCUT2D eigenvalue weighted by molar-refractivity contribution is 0.588. The van der Waals surface area contributed by atoms with Gasteiger partial charge in [0, 0.05) is 22.8 Å². The highest BCUT2D eigenvalue weighted by molar-refractivity contribution is 7.89. The Morgan fingerprint density at radius 1 is 1.41 bits per heavy atom. The van der Waals surface area contributed by atoms with Crippen molar-refractivity contribution in [2.24, 2.45) is 0 Å². The molecule has 0 atom stereocenters. The van der Waals surface area contributed by atoms with Gasteiger partial charge in [-0.1, -0.05) is 0 Å². The SMILES string of the molecule is CNS(=O)(=O)CCNc1nccc2sccc12. The van der Waals surface area contributed by atoms with Crippen molar-refractivity contribution in [3.63, 3.8) is 0 Å². The lowest BCUT2D eigenvalue weighted by atomic mass is 10.3. The van der Waals surface area contributed by atoms with Gasteiger partial charge >= 0.3 is 0 Å². The molecule has 2 N–H and O–H groups in total. The van der Waals surface area contributed by atoms with Crippen LogP contribution in [0, 0.1) is 0 Å². The molecule has 0 bridgehead atoms. The minimum absolute atomic E-state index is 0.0334. The molecule has 5 nitrogen and oxygen atoms in total. The summed E-state index contributed by atoms with van der Waals surface area (Å²) < 4.78 is 25.9. The van der Waals surface area contributed by atoms with Gasteiger partial charge < -0.3 is 5.32 Å². The molecule has 2 heterocycles. The number of nitrogens with zero attached hydrogens (tertiary/aromatic N) is 1. The lowest BCUT2D eigenvalue weighted by Gasteiger charge is -2.06. The van der Waals surface area contributed by atoms with Crippen LogP contribution in [0.3, 0.4) is 0 Å². The number of nitrogens with one attached hydrogen (secondary N) is 2. The molecule has 0 saturated carbocycles. The molecule has 0 radical (unpaired) electrons. The smallest absolute Gasteiger partial charge is 0.213 e. The fourth-order valence-corrected chi connectivity index (χ4v) is 2.80. The topological polar surface area (TPSA) is 71.1 Å². The van der Waals surface area contributed by atoms with Crippen LogP contribution in [-0.4, -0.2) is 32.7 Å². The number of aromatic nitrogens is 1. The molecule has 0 aromatic carbocycles. The van der Waals surface area contributed by atoms with Crippen LogP contribution in [-0.2, 0) is 10.0 Å². The molecule has 17 heavy (non-hydrogen) atoms. The van der Waals surface area contributed by atoms with Gasteiger partial charge in [-0.3, -0.25) is 0 Å². The molecule has 0 amide bonds. The van der Waals surface area contributed by atoms with Gasteiger partial charge in [-0.05, 0) is 24.6 Å². The summed E-state index contributed by atoms with van der Waals surface area (Å²) >= 11 is 1.63. The Hall–Kier alpha value is -1.18. The van der Waals surface area contributed by atoms with Crippen molar-refractivity contribution in [3.8, 4) is 0 Å². The number of sulfonamides is 1. The average molecular weight is 271 g/mol. The van der Waals surface area contributed by atoms with Gasteiger partial charge in [0.15, 0.2) is 0 Å². The molecule has 0 fully saturated rings. The zero-order chi connectivity index (χ0) is 12.3. The Labute approximate surface area is 104 Å². The highest BCUT2D eigenvalue weighted by Gasteiger charge is 2.07. The fourth-order valence-electron chi connectivity index (χ4n) is 1.44. The Morgan fingerprint density at radius 3 is 3.00 bits per heavy atom. The third-order valence-electron chi connectivity index (χ3n) is 2.35. The summed E-state index contributed by atoms with van der Waals surface area (Å²) in [5.41, 5.74) is 0. The van der Waals surface area contributed by atoms with Crippen LogP contribution < -0.4 is 10.0 Å². The van der Waals surface area contributed by atoms with E-state index in [1.165, 1.54) is 7.05 Å². The van der Waals surface area contributed by atoms with E-state index in [1.807, 2.05) is 17.5 Å². The largest absolute Gasteiger partial charge is 0.368 e. The number of rotatable bonds is 5. The zero-order valence-electron chi connectivity index (χ0n) is 9.30. The van der Waals surface area contributed by atoms with Crippen molar-refractivity contribution >= 4 is 37.3 Å². The van der Waals surface area contributed by atoms with E-state index < -0.39 is 10.0 Å². The molecule has 0 unspecified atom stereocenters. The number of fused-ring (bicyclic) bond motifs is 1. The summed E-state index contributed by atoms with van der Waals surface area (Å²) in [5, 5.41) is 6.06. The first-order chi connectivity index (χ1) is 8.12. The summed E-state index contributed by atoms with van der Waals surface area (Å²) in [7, 11) is -1.76. The van der Waals surface area contributed by atoms with Gasteiger partial charge in [0.25, 0.3) is 0 Å². The average Bonchev–Trinajstić information content (AvgIpc) is 2.78. The predicted octanol–water partition coefficient (Wildman–Crippen LogP) is 1.26. The first-order valence-electron chi connectivity index (χ1n) is 5.10. The van der Waals surface area contributed by atoms with E-state index in [0.29, 0.717) is 6.54 Å². The van der Waals surface area contributed by atoms with Gasteiger partial charge in [-0.15, -0.1) is 11.3 Å². The fraction of sp³-hybridized carbons (Fsp3) is 0.300. The second kappa shape index (κ2) is 4.99. The second-order valence-corrected chi connectivity index (χ2v) is 6.44. The van der Waals surface area contributed by atoms with E-state index in [2.05, 4.69) is 15.0 Å². The molecule has 0 aliphatic carbocycles. The highest BCUT2D eigenvalue weighted by Crippen LogP contribution is 2.25. The standard InChI is InChI=1S/C10H13N3O2S2/c1-11-17(14,15)7-5-13-10-8-3-6-16-9(8)2-4-12-10/h2-4,6,11H,5,7H2,1H3,(H,12,13). The molecule has 2 aromatic rings. The van der Waals surface area contributed by atoms with E-state index in [1.54, 1.807) is 17.5 Å². The minimum Gasteiger partial charge on any atom is -0.368 e. The normalized spacial score (nSPS) is 11.8. The van der Waals surface area contributed by atoms with Gasteiger partial charge in [0.1, 0.15) is 5.82 Å². The number of thiophene rings is 1. The number of pyridine rings is 1. The quantitative estimate of drug-likeness (QED) is 0.859. The third-order valence-corrected chi connectivity index (χ3v) is 4.60. The molecule has 0 saturated heterocycles. The summed E-state index contributed by atoms with van der Waals surface area (Å²) in [4.78, 5) is 4.20. The summed E-state index contributed by atoms with van der Waals surface area (Å²) in [6, 6.07) is 3.91. The van der Waals surface area contributed by atoms with E-state index >= 15 is 0 Å². The molecule has 2 rings (SSSR count). The van der Waals surface area contributed by atoms with Crippen molar-refractivity contribution in [1.82, 2.24) is 9.71 Å². The number of hydrogen-bond donors (Lipinski definition) is 2. The molecule has 0 aliphatic heterocycles. The monoisotopic (exact) mass is 271 g/mol. The van der Waals surface area contributed by atoms with Crippen LogP contribution in [0.1, 0.15) is 0 Å². The molecule has 0 spiro atoms. The molecule has 7 heteroatoms. The van der Waals surface area contributed by atoms with Crippen LogP contribution in [0.5, 0.6) is 0 Å². The van der Waals surface area contributed by atoms with Crippen molar-refractivity contribution in [3.05, 3.63) is 23.7 Å². The van der Waals surface area contributed by atoms with Crippen LogP contribution in [0.2, 0.25) is 0 Å². The summed E-state index contributed by atoms with van der Waals surface area (Å²) in [5.74, 6) is 0.765. The van der Waals surface area contributed by atoms with Crippen molar-refractivity contribution in [1.29, 1.82) is 0 Å². The van der Waals surface area contributed by atoms with E-state index in [4.69, 9.17) is 0 Å².